The minimum atomic E-state index is -0.194. The van der Waals surface area contributed by atoms with Crippen LogP contribution in [0.1, 0.15) is 27.0 Å². The number of methoxy groups -OCH3 is 2. The molecule has 0 atom stereocenters. The van der Waals surface area contributed by atoms with Gasteiger partial charge in [-0.1, -0.05) is 29.3 Å². The smallest absolute Gasteiger partial charge is 0.231 e. The second-order valence-corrected chi connectivity index (χ2v) is 8.81. The van der Waals surface area contributed by atoms with Crippen molar-refractivity contribution in [3.05, 3.63) is 86.6 Å². The van der Waals surface area contributed by atoms with Crippen LogP contribution in [0.4, 0.5) is 0 Å². The summed E-state index contributed by atoms with van der Waals surface area (Å²) in [6.45, 7) is 1.50. The number of halogens is 2. The molecule has 0 N–H and O–H groups in total. The Labute approximate surface area is 207 Å². The molecule has 3 aromatic rings. The molecule has 0 saturated heterocycles. The summed E-state index contributed by atoms with van der Waals surface area (Å²) >= 11 is 12.4. The number of benzene rings is 3. The molecule has 0 bridgehead atoms. The van der Waals surface area contributed by atoms with E-state index in [-0.39, 0.29) is 11.5 Å². The second kappa shape index (κ2) is 9.22. The number of fused-ring (bicyclic) bond motifs is 3. The fourth-order valence-electron chi connectivity index (χ4n) is 4.09. The van der Waals surface area contributed by atoms with Crippen LogP contribution in [-0.4, -0.2) is 31.6 Å². The van der Waals surface area contributed by atoms with Crippen LogP contribution in [0.25, 0.3) is 6.08 Å². The maximum absolute atomic E-state index is 13.1. The van der Waals surface area contributed by atoms with Crippen molar-refractivity contribution in [2.45, 2.75) is 13.1 Å². The summed E-state index contributed by atoms with van der Waals surface area (Å²) in [5, 5.41) is 1.19. The number of hydrogen-bond acceptors (Lipinski definition) is 6. The van der Waals surface area contributed by atoms with Crippen molar-refractivity contribution in [1.82, 2.24) is 4.90 Å². The molecule has 174 valence electrons. The minimum absolute atomic E-state index is 0.194. The monoisotopic (exact) mass is 497 g/mol. The van der Waals surface area contributed by atoms with Crippen molar-refractivity contribution >= 4 is 35.1 Å². The molecule has 6 nitrogen and oxygen atoms in total. The quantitative estimate of drug-likeness (QED) is 0.404. The second-order valence-electron chi connectivity index (χ2n) is 7.96. The fraction of sp³-hybridized carbons (Fsp3) is 0.192. The zero-order valence-corrected chi connectivity index (χ0v) is 20.1. The van der Waals surface area contributed by atoms with Gasteiger partial charge in [0.1, 0.15) is 29.7 Å². The Morgan fingerprint density at radius 1 is 1.06 bits per heavy atom. The third-order valence-electron chi connectivity index (χ3n) is 5.81. The number of carbonyl (C=O) groups excluding carboxylic acids is 1. The number of rotatable bonds is 5. The predicted molar refractivity (Wildman–Crippen MR) is 130 cm³/mol. The van der Waals surface area contributed by atoms with E-state index in [0.717, 1.165) is 11.1 Å². The molecule has 0 aromatic heterocycles. The molecule has 2 aliphatic rings. The Kier molecular flexibility index (Phi) is 6.13. The van der Waals surface area contributed by atoms with Crippen molar-refractivity contribution in [3.8, 4) is 23.0 Å². The Balaban J connectivity index is 1.44. The summed E-state index contributed by atoms with van der Waals surface area (Å²) in [6, 6.07) is 14.4. The molecule has 0 radical (unpaired) electrons. The van der Waals surface area contributed by atoms with Gasteiger partial charge in [-0.05, 0) is 54.1 Å². The molecule has 2 aliphatic heterocycles. The van der Waals surface area contributed by atoms with Gasteiger partial charge in [0.15, 0.2) is 5.76 Å². The van der Waals surface area contributed by atoms with E-state index in [1.807, 2.05) is 18.2 Å². The largest absolute Gasteiger partial charge is 0.497 e. The zero-order valence-electron chi connectivity index (χ0n) is 18.6. The third-order valence-corrected chi connectivity index (χ3v) is 6.40. The van der Waals surface area contributed by atoms with Gasteiger partial charge in [0.05, 0.1) is 25.3 Å². The van der Waals surface area contributed by atoms with Crippen LogP contribution in [0.3, 0.4) is 0 Å². The van der Waals surface area contributed by atoms with Gasteiger partial charge in [-0.15, -0.1) is 0 Å². The highest BCUT2D eigenvalue weighted by molar-refractivity contribution is 6.35. The molecule has 34 heavy (non-hydrogen) atoms. The van der Waals surface area contributed by atoms with E-state index in [2.05, 4.69) is 4.90 Å². The summed E-state index contributed by atoms with van der Waals surface area (Å²) in [5.74, 6) is 2.50. The fourth-order valence-corrected chi connectivity index (χ4v) is 4.56. The molecule has 8 heteroatoms. The highest BCUT2D eigenvalue weighted by Gasteiger charge is 2.34. The number of hydrogen-bond donors (Lipinski definition) is 0. The van der Waals surface area contributed by atoms with Crippen LogP contribution in [0, 0.1) is 0 Å². The van der Waals surface area contributed by atoms with Crippen LogP contribution < -0.4 is 18.9 Å². The molecule has 0 spiro atoms. The first kappa shape index (κ1) is 22.6. The molecule has 3 aromatic carbocycles. The van der Waals surface area contributed by atoms with Gasteiger partial charge >= 0.3 is 0 Å². The highest BCUT2D eigenvalue weighted by Crippen LogP contribution is 2.43. The summed E-state index contributed by atoms with van der Waals surface area (Å²) in [5.41, 5.74) is 2.94. The van der Waals surface area contributed by atoms with Crippen molar-refractivity contribution in [2.75, 3.05) is 21.0 Å². The topological polar surface area (TPSA) is 57.2 Å². The van der Waals surface area contributed by atoms with E-state index in [1.54, 1.807) is 50.6 Å². The lowest BCUT2D eigenvalue weighted by Crippen LogP contribution is -2.31. The molecular weight excluding hydrogens is 477 g/mol. The number of carbonyl (C=O) groups is 1. The van der Waals surface area contributed by atoms with Gasteiger partial charge in [0.25, 0.3) is 0 Å². The Morgan fingerprint density at radius 3 is 2.68 bits per heavy atom. The highest BCUT2D eigenvalue weighted by atomic mass is 35.5. The van der Waals surface area contributed by atoms with Crippen LogP contribution in [0.15, 0.2) is 54.3 Å². The van der Waals surface area contributed by atoms with Gasteiger partial charge in [-0.3, -0.25) is 9.69 Å². The molecule has 0 fully saturated rings. The predicted octanol–water partition coefficient (Wildman–Crippen LogP) is 5.98. The number of ketones is 1. The summed E-state index contributed by atoms with van der Waals surface area (Å²) in [7, 11) is 3.16. The SMILES string of the molecule is COc1ccc(OC)c(/C=C2\Oc3c(ccc4c3CN(Cc3ccc(Cl)cc3Cl)CO4)C2=O)c1. The molecule has 0 unspecified atom stereocenters. The van der Waals surface area contributed by atoms with E-state index in [1.165, 1.54) is 0 Å². The van der Waals surface area contributed by atoms with Crippen LogP contribution >= 0.6 is 23.2 Å². The molecule has 0 aliphatic carbocycles. The average molecular weight is 498 g/mol. The Morgan fingerprint density at radius 2 is 1.91 bits per heavy atom. The number of ether oxygens (including phenoxy) is 4. The van der Waals surface area contributed by atoms with E-state index in [0.29, 0.717) is 64.0 Å². The molecule has 0 saturated carbocycles. The van der Waals surface area contributed by atoms with E-state index < -0.39 is 0 Å². The first-order valence-electron chi connectivity index (χ1n) is 10.6. The van der Waals surface area contributed by atoms with Crippen molar-refractivity contribution in [2.24, 2.45) is 0 Å². The van der Waals surface area contributed by atoms with Crippen molar-refractivity contribution < 1.29 is 23.7 Å². The molecule has 2 heterocycles. The normalized spacial score (nSPS) is 16.0. The number of Topliss-reactive ketones (excluding diaryl/α,β-unsaturated/α-hetero) is 1. The molecule has 0 amide bonds. The minimum Gasteiger partial charge on any atom is -0.497 e. The third kappa shape index (κ3) is 4.20. The van der Waals surface area contributed by atoms with Gasteiger partial charge in [0.2, 0.25) is 5.78 Å². The first-order chi connectivity index (χ1) is 16.5. The zero-order chi connectivity index (χ0) is 23.8. The average Bonchev–Trinajstić information content (AvgIpc) is 3.16. The first-order valence-corrected chi connectivity index (χ1v) is 11.3. The summed E-state index contributed by atoms with van der Waals surface area (Å²) in [6.07, 6.45) is 1.67. The maximum Gasteiger partial charge on any atom is 0.231 e. The standard InChI is InChI=1S/C26H21Cl2NO5/c1-31-18-5-7-22(32-2)16(9-18)10-24-25(30)19-6-8-23-20(26(19)34-24)13-29(14-33-23)12-15-3-4-17(27)11-21(15)28/h3-11H,12-14H2,1-2H3/b24-10-. The molecule has 5 rings (SSSR count). The molecular formula is C26H21Cl2NO5. The van der Waals surface area contributed by atoms with Crippen LogP contribution in [0.5, 0.6) is 23.0 Å². The summed E-state index contributed by atoms with van der Waals surface area (Å²) in [4.78, 5) is 15.2. The Hall–Kier alpha value is -3.19. The lowest BCUT2D eigenvalue weighted by molar-refractivity contribution is 0.0873. The van der Waals surface area contributed by atoms with Crippen molar-refractivity contribution in [3.63, 3.8) is 0 Å². The lowest BCUT2D eigenvalue weighted by atomic mass is 10.0. The van der Waals surface area contributed by atoms with E-state index in [9.17, 15) is 4.79 Å². The Bertz CT molecular complexity index is 1320. The van der Waals surface area contributed by atoms with Gasteiger partial charge in [0, 0.05) is 28.7 Å². The number of allylic oxidation sites excluding steroid dienone is 1. The maximum atomic E-state index is 13.1. The number of nitrogens with zero attached hydrogens (tertiary/aromatic N) is 1. The van der Waals surface area contributed by atoms with Crippen LogP contribution in [-0.2, 0) is 13.1 Å². The van der Waals surface area contributed by atoms with E-state index >= 15 is 0 Å². The van der Waals surface area contributed by atoms with Gasteiger partial charge < -0.3 is 18.9 Å². The van der Waals surface area contributed by atoms with E-state index in [4.69, 9.17) is 42.1 Å². The van der Waals surface area contributed by atoms with Crippen LogP contribution in [0.2, 0.25) is 10.0 Å². The summed E-state index contributed by atoms with van der Waals surface area (Å²) < 4.78 is 22.8. The van der Waals surface area contributed by atoms with Crippen molar-refractivity contribution in [1.29, 1.82) is 0 Å². The van der Waals surface area contributed by atoms with Gasteiger partial charge in [-0.25, -0.2) is 0 Å². The lowest BCUT2D eigenvalue weighted by Gasteiger charge is -2.30. The van der Waals surface area contributed by atoms with Gasteiger partial charge in [-0.2, -0.15) is 0 Å².